The third-order valence-electron chi connectivity index (χ3n) is 19.6. The largest absolute Gasteiger partial charge is 0.397 e. The minimum atomic E-state index is -4.42. The third kappa shape index (κ3) is 45.5. The topological polar surface area (TPSA) is 338 Å². The van der Waals surface area contributed by atoms with Crippen LogP contribution in [0.2, 0.25) is 0 Å². The van der Waals surface area contributed by atoms with E-state index in [0.29, 0.717) is 38.4 Å². The molecule has 8 aromatic carbocycles. The van der Waals surface area contributed by atoms with Crippen molar-refractivity contribution < 1.29 is 87.7 Å². The number of para-hydroxylation sites is 2. The molecule has 0 aliphatic rings. The van der Waals surface area contributed by atoms with E-state index in [-0.39, 0.29) is 36.5 Å². The average Bonchev–Trinajstić information content (AvgIpc) is 0.830. The molecule has 11 rings (SSSR count). The van der Waals surface area contributed by atoms with Crippen LogP contribution in [0.15, 0.2) is 303 Å². The number of carbonyl (C=O) groups is 2. The van der Waals surface area contributed by atoms with Crippen molar-refractivity contribution in [1.82, 2.24) is 0 Å². The second-order valence-electron chi connectivity index (χ2n) is 29.4. The predicted octanol–water partition coefficient (Wildman–Crippen LogP) is 15.3. The third-order valence-corrected chi connectivity index (χ3v) is 21.9. The smallest absolute Gasteiger partial charge is 0.369 e. The van der Waals surface area contributed by atoms with Crippen molar-refractivity contribution in [2.24, 2.45) is 0 Å². The molecule has 0 saturated heterocycles. The number of aromatic nitrogens is 3. The van der Waals surface area contributed by atoms with E-state index in [2.05, 4.69) is 225 Å². The quantitative estimate of drug-likeness (QED) is 0.0153. The Hall–Kier alpha value is -11.7. The lowest BCUT2D eigenvalue weighted by molar-refractivity contribution is -0.694. The molecule has 0 saturated carbocycles. The molecular formula is C97H131N12O17S4+3. The Kier molecular flexibility index (Phi) is 49.2. The summed E-state index contributed by atoms with van der Waals surface area (Å²) in [6.45, 7) is 36.8. The Morgan fingerprint density at radius 2 is 0.554 bits per heavy atom. The van der Waals surface area contributed by atoms with Crippen LogP contribution >= 0.6 is 0 Å². The number of pyridine rings is 3. The lowest BCUT2D eigenvalue weighted by atomic mass is 10.1. The van der Waals surface area contributed by atoms with Crippen molar-refractivity contribution >= 4 is 104 Å². The fraction of sp³-hybridized carbons (Fsp3) is 0.330. The highest BCUT2D eigenvalue weighted by molar-refractivity contribution is 7.85. The number of hydrogen-bond donors (Lipinski definition) is 6. The fourth-order valence-corrected chi connectivity index (χ4v) is 14.6. The van der Waals surface area contributed by atoms with Crippen LogP contribution in [-0.2, 0) is 89.6 Å². The van der Waals surface area contributed by atoms with Gasteiger partial charge in [-0.15, -0.1) is 0 Å². The second kappa shape index (κ2) is 58.7. The van der Waals surface area contributed by atoms with Crippen LogP contribution in [0.5, 0.6) is 0 Å². The number of nitrogens with one attached hydrogen (secondary N) is 2. The summed E-state index contributed by atoms with van der Waals surface area (Å²) in [6, 6.07) is 84.9. The van der Waals surface area contributed by atoms with Crippen molar-refractivity contribution in [2.75, 3.05) is 150 Å². The van der Waals surface area contributed by atoms with Crippen LogP contribution in [0.3, 0.4) is 0 Å². The minimum Gasteiger partial charge on any atom is -0.369 e. The van der Waals surface area contributed by atoms with E-state index in [9.17, 15) is 43.3 Å². The van der Waals surface area contributed by atoms with E-state index in [4.69, 9.17) is 18.2 Å². The van der Waals surface area contributed by atoms with Crippen LogP contribution in [0.25, 0.3) is 0 Å². The number of likely N-dealkylation sites (N-methyl/N-ethyl adjacent to an activating group) is 6. The number of hydrogen-bond acceptors (Lipinski definition) is 20. The molecular weight excluding hydrogens is 1730 g/mol. The van der Waals surface area contributed by atoms with Crippen LogP contribution in [0.4, 0.5) is 51.2 Å². The van der Waals surface area contributed by atoms with Gasteiger partial charge in [0, 0.05) is 173 Å². The van der Waals surface area contributed by atoms with Gasteiger partial charge in [0.15, 0.2) is 56.8 Å². The SMILES string of the molecule is CCN(CCOS(=O)(=O)O)c1cccc(C)c1.CCN(CCOS(=O)(=O)O)c1cccc(NC(C)=O)c1.CCN(CCOS(=O)(=O)O)c1ccccc1.CCN(CC[n+]1ccccc1)c1cccc(C)c1.CCN(CC[n+]1ccccc1)c1cccc(NC(C)=O)c1.CCN(CC[n+]1ccccc1)c1ccccc1.CCN(Cc1cccc(S(=O)(=O)O)c1)c1cccc(C)c1. The average molecular weight is 1870 g/mol. The summed E-state index contributed by atoms with van der Waals surface area (Å²) >= 11 is 0. The molecule has 33 heteroatoms. The molecule has 0 aliphatic heterocycles. The Morgan fingerprint density at radius 1 is 0.300 bits per heavy atom. The standard InChI is InChI=1S/C17H21N3O.C16H21N2.C16H19NO3S.C15H19N2.C12H18N2O5S.C11H17NO4S.C10H15NO4S/c1-3-20(13-12-19-10-5-4-6-11-19)17-9-7-8-16(14-17)18-15(2)21;1-3-18(16-9-7-8-15(2)14-16)13-12-17-10-5-4-6-11-17;1-3-17(15-8-4-6-13(2)10-15)12-14-7-5-9-16(11-14)21(18,19)20;1-2-17(15-9-5-3-6-10-15)14-13-16-11-7-4-8-12-16;1-3-14(7-8-19-20(16,17)18)12-6-4-5-11(9-12)13-10(2)15;1-3-12(7-8-16-17(13,14)15)11-6-4-5-10(2)9-11;1-2-11(8-9-15-16(12,13)14)10-6-4-3-5-7-10/h4-11,14H,3,12-13H2,1-2H3;4-11,14H,3,12-13H2,1-2H3;4-11H,3,12H2,1-2H3,(H,18,19,20);3-12H,2,13-14H2,1H3;4-6,9H,3,7-8H2,1-2H3,(H,13,15)(H,16,17,18);4-6,9H,3,7-8H2,1-2H3,(H,13,14,15);3-7H,2,8-9H2,1H3,(H,12,13,14)/q;+1;;+1;;;/p+1. The second-order valence-corrected chi connectivity index (χ2v) is 34.0. The van der Waals surface area contributed by atoms with Gasteiger partial charge in [-0.25, -0.2) is 26.3 Å². The fourth-order valence-electron chi connectivity index (χ4n) is 13.2. The van der Waals surface area contributed by atoms with E-state index in [1.54, 1.807) is 24.3 Å². The van der Waals surface area contributed by atoms with Gasteiger partial charge < -0.3 is 44.9 Å². The number of nitrogens with zero attached hydrogens (tertiary/aromatic N) is 10. The van der Waals surface area contributed by atoms with E-state index < -0.39 is 41.3 Å². The molecule has 11 aromatic rings. The van der Waals surface area contributed by atoms with Gasteiger partial charge in [0.1, 0.15) is 0 Å². The summed E-state index contributed by atoms with van der Waals surface area (Å²) in [5.41, 5.74) is 13.6. The molecule has 3 heterocycles. The summed E-state index contributed by atoms with van der Waals surface area (Å²) in [4.78, 5) is 37.1. The molecule has 3 aromatic heterocycles. The van der Waals surface area contributed by atoms with E-state index in [1.165, 1.54) is 48.5 Å². The van der Waals surface area contributed by atoms with Gasteiger partial charge >= 0.3 is 31.2 Å². The van der Waals surface area contributed by atoms with Gasteiger partial charge in [-0.1, -0.05) is 115 Å². The van der Waals surface area contributed by atoms with Crippen molar-refractivity contribution in [1.29, 1.82) is 0 Å². The highest BCUT2D eigenvalue weighted by Gasteiger charge is 2.17. The lowest BCUT2D eigenvalue weighted by Gasteiger charge is -2.23. The molecule has 0 fully saturated rings. The van der Waals surface area contributed by atoms with Gasteiger partial charge in [-0.3, -0.25) is 27.8 Å². The molecule has 0 bridgehead atoms. The maximum absolute atomic E-state index is 11.2. The van der Waals surface area contributed by atoms with Crippen molar-refractivity contribution in [3.8, 4) is 0 Å². The highest BCUT2D eigenvalue weighted by Crippen LogP contribution is 2.25. The van der Waals surface area contributed by atoms with Gasteiger partial charge in [0.25, 0.3) is 10.1 Å². The first kappa shape index (κ1) is 109. The van der Waals surface area contributed by atoms with E-state index >= 15 is 0 Å². The Labute approximate surface area is 771 Å². The van der Waals surface area contributed by atoms with Crippen molar-refractivity contribution in [3.63, 3.8) is 0 Å². The summed E-state index contributed by atoms with van der Waals surface area (Å²) in [7, 11) is -17.3. The lowest BCUT2D eigenvalue weighted by Crippen LogP contribution is -2.40. The zero-order valence-electron chi connectivity index (χ0n) is 76.6. The number of rotatable bonds is 40. The maximum Gasteiger partial charge on any atom is 0.397 e. The van der Waals surface area contributed by atoms with Gasteiger partial charge in [-0.05, 0) is 201 Å². The number of benzene rings is 8. The number of amides is 2. The molecule has 2 amide bonds. The maximum atomic E-state index is 11.2. The van der Waals surface area contributed by atoms with Crippen LogP contribution < -0.4 is 58.6 Å². The summed E-state index contributed by atoms with van der Waals surface area (Å²) < 4.78 is 139. The first-order valence-electron chi connectivity index (χ1n) is 43.1. The molecule has 6 N–H and O–H groups in total. The predicted molar refractivity (Wildman–Crippen MR) is 521 cm³/mol. The molecule has 0 aliphatic carbocycles. The number of carbonyl (C=O) groups excluding carboxylic acids is 2. The molecule has 0 atom stereocenters. The summed E-state index contributed by atoms with van der Waals surface area (Å²) in [5, 5.41) is 5.50. The van der Waals surface area contributed by atoms with Gasteiger partial charge in [0.2, 0.25) is 11.8 Å². The summed E-state index contributed by atoms with van der Waals surface area (Å²) in [6.07, 6.45) is 12.6. The molecule has 29 nitrogen and oxygen atoms in total. The zero-order chi connectivity index (χ0) is 95.3. The minimum absolute atomic E-state index is 0.0463. The first-order valence-corrected chi connectivity index (χ1v) is 48.6. The highest BCUT2D eigenvalue weighted by atomic mass is 32.3. The molecule has 0 spiro atoms. The normalized spacial score (nSPS) is 10.9. The first-order chi connectivity index (χ1) is 62.0. The molecule has 0 unspecified atom stereocenters. The molecule has 702 valence electrons. The van der Waals surface area contributed by atoms with Crippen molar-refractivity contribution in [3.05, 3.63) is 320 Å². The Balaban J connectivity index is 0.000000269. The van der Waals surface area contributed by atoms with E-state index in [0.717, 1.165) is 124 Å². The van der Waals surface area contributed by atoms with Gasteiger partial charge in [-0.2, -0.15) is 33.7 Å². The Bertz CT molecular complexity index is 5560. The molecule has 130 heavy (non-hydrogen) atoms. The summed E-state index contributed by atoms with van der Waals surface area (Å²) in [5.74, 6) is -0.213. The van der Waals surface area contributed by atoms with Crippen molar-refractivity contribution in [2.45, 2.75) is 114 Å². The van der Waals surface area contributed by atoms with Crippen LogP contribution in [-0.4, -0.2) is 169 Å². The number of anilines is 9. The number of aryl methyl sites for hydroxylation is 3. The van der Waals surface area contributed by atoms with E-state index in [1.807, 2.05) is 177 Å². The zero-order valence-corrected chi connectivity index (χ0v) is 79.9. The van der Waals surface area contributed by atoms with Gasteiger partial charge in [0.05, 0.1) is 44.4 Å². The molecule has 0 radical (unpaired) electrons. The Morgan fingerprint density at radius 3 is 0.838 bits per heavy atom. The van der Waals surface area contributed by atoms with Crippen LogP contribution in [0.1, 0.15) is 84.6 Å². The van der Waals surface area contributed by atoms with Crippen LogP contribution in [0, 0.1) is 20.8 Å². The monoisotopic (exact) mass is 1860 g/mol.